The Labute approximate surface area is 130 Å². The van der Waals surface area contributed by atoms with E-state index in [9.17, 15) is 4.79 Å². The lowest BCUT2D eigenvalue weighted by atomic mass is 10.2. The summed E-state index contributed by atoms with van der Waals surface area (Å²) in [5.41, 5.74) is 7.00. The fourth-order valence-corrected chi connectivity index (χ4v) is 1.76. The fourth-order valence-electron chi connectivity index (χ4n) is 1.63. The van der Waals surface area contributed by atoms with Crippen LogP contribution >= 0.6 is 12.2 Å². The molecule has 0 aliphatic carbocycles. The highest BCUT2D eigenvalue weighted by molar-refractivity contribution is 7.80. The molecule has 0 fully saturated rings. The number of carbonyl (C=O) groups excluding carboxylic acids is 1. The van der Waals surface area contributed by atoms with Gasteiger partial charge in [-0.2, -0.15) is 0 Å². The second-order valence-electron chi connectivity index (χ2n) is 4.58. The molecule has 1 unspecified atom stereocenters. The van der Waals surface area contributed by atoms with Gasteiger partial charge < -0.3 is 20.5 Å². The molecule has 0 bridgehead atoms. The van der Waals surface area contributed by atoms with Gasteiger partial charge in [0, 0.05) is 17.9 Å². The fraction of sp³-hybridized carbons (Fsp3) is 0.467. The average Bonchev–Trinajstić information content (AvgIpc) is 2.45. The minimum absolute atomic E-state index is 0.0115. The quantitative estimate of drug-likeness (QED) is 0.683. The Morgan fingerprint density at radius 1 is 1.38 bits per heavy atom. The Morgan fingerprint density at radius 3 is 2.62 bits per heavy atom. The van der Waals surface area contributed by atoms with Crippen molar-refractivity contribution < 1.29 is 14.3 Å². The number of ether oxygens (including phenoxy) is 2. The first kappa shape index (κ1) is 17.6. The number of anilines is 1. The summed E-state index contributed by atoms with van der Waals surface area (Å²) in [5.74, 6) is -0.0957. The first-order valence-corrected chi connectivity index (χ1v) is 7.32. The zero-order chi connectivity index (χ0) is 15.7. The summed E-state index contributed by atoms with van der Waals surface area (Å²) in [4.78, 5) is 12.1. The van der Waals surface area contributed by atoms with E-state index in [2.05, 4.69) is 5.32 Å². The third-order valence-corrected chi connectivity index (χ3v) is 2.98. The van der Waals surface area contributed by atoms with Gasteiger partial charge in [0.25, 0.3) is 0 Å². The lowest BCUT2D eigenvalue weighted by Crippen LogP contribution is -2.20. The van der Waals surface area contributed by atoms with E-state index in [1.54, 1.807) is 24.3 Å². The van der Waals surface area contributed by atoms with Crippen molar-refractivity contribution >= 4 is 28.8 Å². The van der Waals surface area contributed by atoms with Crippen LogP contribution in [0.3, 0.4) is 0 Å². The van der Waals surface area contributed by atoms with Crippen LogP contribution < -0.4 is 11.1 Å². The molecule has 0 radical (unpaired) electrons. The molecule has 0 saturated carbocycles. The van der Waals surface area contributed by atoms with Crippen molar-refractivity contribution in [2.24, 2.45) is 5.73 Å². The molecule has 0 heterocycles. The average molecular weight is 310 g/mol. The standard InChI is InChI=1S/C15H22N2O3S/c1-3-19-10-11(2)20-9-8-14(18)17-13-6-4-12(5-7-13)15(16)21/h4-7,11H,3,8-10H2,1-2H3,(H2,16,21)(H,17,18). The van der Waals surface area contributed by atoms with Gasteiger partial charge in [0.15, 0.2) is 0 Å². The summed E-state index contributed by atoms with van der Waals surface area (Å²) in [6, 6.07) is 7.09. The molecule has 6 heteroatoms. The van der Waals surface area contributed by atoms with Crippen LogP contribution in [0.2, 0.25) is 0 Å². The van der Waals surface area contributed by atoms with E-state index in [4.69, 9.17) is 27.4 Å². The van der Waals surface area contributed by atoms with Crippen molar-refractivity contribution in [3.8, 4) is 0 Å². The SMILES string of the molecule is CCOCC(C)OCCC(=O)Nc1ccc(C(N)=S)cc1. The largest absolute Gasteiger partial charge is 0.389 e. The van der Waals surface area contributed by atoms with Crippen molar-refractivity contribution in [1.82, 2.24) is 0 Å². The molecule has 116 valence electrons. The van der Waals surface area contributed by atoms with E-state index in [-0.39, 0.29) is 12.0 Å². The molecule has 1 atom stereocenters. The van der Waals surface area contributed by atoms with Crippen LogP contribution in [0, 0.1) is 0 Å². The summed E-state index contributed by atoms with van der Waals surface area (Å²) >= 11 is 4.87. The zero-order valence-electron chi connectivity index (χ0n) is 12.4. The van der Waals surface area contributed by atoms with Crippen LogP contribution in [0.4, 0.5) is 5.69 Å². The van der Waals surface area contributed by atoms with Gasteiger partial charge >= 0.3 is 0 Å². The van der Waals surface area contributed by atoms with Crippen LogP contribution in [-0.2, 0) is 14.3 Å². The maximum atomic E-state index is 11.8. The molecule has 21 heavy (non-hydrogen) atoms. The topological polar surface area (TPSA) is 73.6 Å². The van der Waals surface area contributed by atoms with Crippen LogP contribution in [-0.4, -0.2) is 36.8 Å². The first-order valence-electron chi connectivity index (χ1n) is 6.92. The van der Waals surface area contributed by atoms with Crippen molar-refractivity contribution in [2.45, 2.75) is 26.4 Å². The molecule has 1 amide bonds. The van der Waals surface area contributed by atoms with Crippen molar-refractivity contribution in [1.29, 1.82) is 0 Å². The number of carbonyl (C=O) groups is 1. The van der Waals surface area contributed by atoms with Gasteiger partial charge in [-0.1, -0.05) is 12.2 Å². The summed E-state index contributed by atoms with van der Waals surface area (Å²) < 4.78 is 10.7. The highest BCUT2D eigenvalue weighted by atomic mass is 32.1. The number of hydrogen-bond donors (Lipinski definition) is 2. The van der Waals surface area contributed by atoms with E-state index in [1.165, 1.54) is 0 Å². The summed E-state index contributed by atoms with van der Waals surface area (Å²) in [7, 11) is 0. The Morgan fingerprint density at radius 2 is 2.05 bits per heavy atom. The van der Waals surface area contributed by atoms with Gasteiger partial charge in [-0.15, -0.1) is 0 Å². The predicted octanol–water partition coefficient (Wildman–Crippen LogP) is 2.09. The van der Waals surface area contributed by atoms with Gasteiger partial charge in [-0.05, 0) is 38.1 Å². The smallest absolute Gasteiger partial charge is 0.226 e. The Bertz CT molecular complexity index is 462. The number of rotatable bonds is 9. The third kappa shape index (κ3) is 7.17. The molecule has 0 aromatic heterocycles. The van der Waals surface area contributed by atoms with Gasteiger partial charge in [0.05, 0.1) is 25.7 Å². The highest BCUT2D eigenvalue weighted by Crippen LogP contribution is 2.10. The molecule has 5 nitrogen and oxygen atoms in total. The number of hydrogen-bond acceptors (Lipinski definition) is 4. The molecule has 0 aliphatic heterocycles. The van der Waals surface area contributed by atoms with Gasteiger partial charge in [0.2, 0.25) is 5.91 Å². The highest BCUT2D eigenvalue weighted by Gasteiger charge is 2.06. The molecule has 0 aliphatic rings. The van der Waals surface area contributed by atoms with Crippen LogP contribution in [0.25, 0.3) is 0 Å². The molecule has 1 rings (SSSR count). The van der Waals surface area contributed by atoms with Crippen molar-refractivity contribution in [3.63, 3.8) is 0 Å². The third-order valence-electron chi connectivity index (χ3n) is 2.74. The second-order valence-corrected chi connectivity index (χ2v) is 5.02. The maximum Gasteiger partial charge on any atom is 0.226 e. The van der Waals surface area contributed by atoms with Crippen LogP contribution in [0.15, 0.2) is 24.3 Å². The molecule has 1 aromatic rings. The molecular formula is C15H22N2O3S. The summed E-state index contributed by atoms with van der Waals surface area (Å²) in [5, 5.41) is 2.79. The number of nitrogens with two attached hydrogens (primary N) is 1. The maximum absolute atomic E-state index is 11.8. The van der Waals surface area contributed by atoms with E-state index >= 15 is 0 Å². The molecule has 0 saturated heterocycles. The number of nitrogens with one attached hydrogen (secondary N) is 1. The van der Waals surface area contributed by atoms with Crippen LogP contribution in [0.5, 0.6) is 0 Å². The van der Waals surface area contributed by atoms with Crippen LogP contribution in [0.1, 0.15) is 25.8 Å². The van der Waals surface area contributed by atoms with Gasteiger partial charge in [-0.25, -0.2) is 0 Å². The number of amides is 1. The minimum Gasteiger partial charge on any atom is -0.389 e. The monoisotopic (exact) mass is 310 g/mol. The molecule has 1 aromatic carbocycles. The summed E-state index contributed by atoms with van der Waals surface area (Å²) in [6.45, 7) is 5.42. The number of thiocarbonyl (C=S) groups is 1. The summed E-state index contributed by atoms with van der Waals surface area (Å²) in [6.07, 6.45) is 0.288. The van der Waals surface area contributed by atoms with E-state index < -0.39 is 0 Å². The second kappa shape index (κ2) is 9.44. The lowest BCUT2D eigenvalue weighted by Gasteiger charge is -2.12. The Balaban J connectivity index is 2.28. The Kier molecular flexibility index (Phi) is 7.89. The van der Waals surface area contributed by atoms with Crippen molar-refractivity contribution in [3.05, 3.63) is 29.8 Å². The van der Waals surface area contributed by atoms with Gasteiger partial charge in [0.1, 0.15) is 4.99 Å². The van der Waals surface area contributed by atoms with E-state index in [0.717, 1.165) is 5.56 Å². The molecule has 3 N–H and O–H groups in total. The van der Waals surface area contributed by atoms with E-state index in [0.29, 0.717) is 36.9 Å². The minimum atomic E-state index is -0.0957. The normalized spacial score (nSPS) is 11.9. The lowest BCUT2D eigenvalue weighted by molar-refractivity contribution is -0.118. The van der Waals surface area contributed by atoms with Gasteiger partial charge in [-0.3, -0.25) is 4.79 Å². The van der Waals surface area contributed by atoms with E-state index in [1.807, 2.05) is 13.8 Å². The predicted molar refractivity (Wildman–Crippen MR) is 87.5 cm³/mol. The molecular weight excluding hydrogens is 288 g/mol. The first-order chi connectivity index (χ1) is 10.0. The Hall–Kier alpha value is -1.50. The van der Waals surface area contributed by atoms with Crippen molar-refractivity contribution in [2.75, 3.05) is 25.1 Å². The number of benzene rings is 1. The zero-order valence-corrected chi connectivity index (χ0v) is 13.2. The molecule has 0 spiro atoms.